The summed E-state index contributed by atoms with van der Waals surface area (Å²) in [6, 6.07) is 0.707. The second-order valence-corrected chi connectivity index (χ2v) is 7.66. The number of hydrogen-bond acceptors (Lipinski definition) is 5. The Balaban J connectivity index is 0.00000156. The van der Waals surface area contributed by atoms with Gasteiger partial charge < -0.3 is 5.32 Å². The van der Waals surface area contributed by atoms with Crippen LogP contribution in [0.15, 0.2) is 24.0 Å². The highest BCUT2D eigenvalue weighted by atomic mass is 35.5. The first-order valence-electron chi connectivity index (χ1n) is 8.06. The van der Waals surface area contributed by atoms with E-state index in [2.05, 4.69) is 31.9 Å². The molecule has 23 heavy (non-hydrogen) atoms. The predicted molar refractivity (Wildman–Crippen MR) is 94.8 cm³/mol. The number of aromatic nitrogens is 3. The van der Waals surface area contributed by atoms with Crippen molar-refractivity contribution in [2.45, 2.75) is 38.4 Å². The molecule has 1 N–H and O–H groups in total. The fraction of sp³-hybridized carbons (Fsp3) is 0.625. The Morgan fingerprint density at radius 1 is 1.39 bits per heavy atom. The van der Waals surface area contributed by atoms with Gasteiger partial charge in [0.25, 0.3) is 0 Å². The van der Waals surface area contributed by atoms with Gasteiger partial charge in [0, 0.05) is 43.0 Å². The van der Waals surface area contributed by atoms with Gasteiger partial charge in [-0.15, -0.1) is 23.7 Å². The Morgan fingerprint density at radius 3 is 2.87 bits per heavy atom. The largest absolute Gasteiger partial charge is 0.317 e. The Bertz CT molecular complexity index is 620. The van der Waals surface area contributed by atoms with Crippen LogP contribution in [0.5, 0.6) is 0 Å². The molecule has 1 atom stereocenters. The average Bonchev–Trinajstić information content (AvgIpc) is 2.90. The molecule has 1 aliphatic heterocycles. The summed E-state index contributed by atoms with van der Waals surface area (Å²) in [4.78, 5) is 7.12. The van der Waals surface area contributed by atoms with Crippen LogP contribution in [-0.2, 0) is 20.1 Å². The molecular formula is C16H24ClN5S. The van der Waals surface area contributed by atoms with Gasteiger partial charge in [0.15, 0.2) is 0 Å². The summed E-state index contributed by atoms with van der Waals surface area (Å²) in [6.07, 6.45) is 10.0. The van der Waals surface area contributed by atoms with E-state index in [0.29, 0.717) is 11.5 Å². The number of nitrogens with one attached hydrogen (secondary N) is 1. The number of rotatable bonds is 5. The van der Waals surface area contributed by atoms with Gasteiger partial charge in [0.05, 0.1) is 12.7 Å². The molecule has 0 radical (unpaired) electrons. The van der Waals surface area contributed by atoms with E-state index in [9.17, 15) is 0 Å². The third-order valence-corrected chi connectivity index (χ3v) is 5.92. The molecule has 2 aromatic rings. The van der Waals surface area contributed by atoms with Gasteiger partial charge in [0.2, 0.25) is 0 Å². The minimum Gasteiger partial charge on any atom is -0.317 e. The number of nitrogens with zero attached hydrogens (tertiary/aromatic N) is 4. The van der Waals surface area contributed by atoms with Gasteiger partial charge in [-0.1, -0.05) is 0 Å². The molecule has 1 saturated carbocycles. The van der Waals surface area contributed by atoms with Gasteiger partial charge in [0.1, 0.15) is 5.01 Å². The molecule has 7 heteroatoms. The van der Waals surface area contributed by atoms with E-state index in [-0.39, 0.29) is 12.4 Å². The third kappa shape index (κ3) is 3.60. The molecule has 1 saturated heterocycles. The smallest absolute Gasteiger partial charge is 0.107 e. The minimum absolute atomic E-state index is 0. The van der Waals surface area contributed by atoms with Crippen molar-refractivity contribution in [1.29, 1.82) is 0 Å². The maximum absolute atomic E-state index is 4.49. The van der Waals surface area contributed by atoms with E-state index in [1.807, 2.05) is 24.1 Å². The van der Waals surface area contributed by atoms with E-state index in [1.54, 1.807) is 11.3 Å². The fourth-order valence-corrected chi connectivity index (χ4v) is 4.51. The molecule has 0 bridgehead atoms. The third-order valence-electron chi connectivity index (χ3n) is 5.15. The van der Waals surface area contributed by atoms with Gasteiger partial charge in [-0.2, -0.15) is 5.10 Å². The van der Waals surface area contributed by atoms with Crippen LogP contribution in [0.25, 0.3) is 0 Å². The van der Waals surface area contributed by atoms with Crippen LogP contribution in [0, 0.1) is 5.41 Å². The normalized spacial score (nSPS) is 22.3. The number of hydrogen-bond donors (Lipinski definition) is 1. The van der Waals surface area contributed by atoms with Crippen molar-refractivity contribution in [2.24, 2.45) is 12.5 Å². The van der Waals surface area contributed by atoms with Gasteiger partial charge in [-0.05, 0) is 37.8 Å². The Morgan fingerprint density at radius 2 is 2.22 bits per heavy atom. The maximum atomic E-state index is 4.49. The zero-order valence-corrected chi connectivity index (χ0v) is 15.1. The SMILES string of the molecule is Cl.Cn1cc(CN(Cc2nccs2)C2CC23CCNCC3)cn1. The van der Waals surface area contributed by atoms with Crippen molar-refractivity contribution in [2.75, 3.05) is 13.1 Å². The van der Waals surface area contributed by atoms with Crippen LogP contribution in [0.3, 0.4) is 0 Å². The highest BCUT2D eigenvalue weighted by molar-refractivity contribution is 7.09. The molecular weight excluding hydrogens is 330 g/mol. The second-order valence-electron chi connectivity index (χ2n) is 6.69. The Labute approximate surface area is 147 Å². The molecule has 5 nitrogen and oxygen atoms in total. The fourth-order valence-electron chi connectivity index (χ4n) is 3.87. The summed E-state index contributed by atoms with van der Waals surface area (Å²) < 4.78 is 1.89. The highest BCUT2D eigenvalue weighted by Crippen LogP contribution is 2.56. The molecule has 2 aromatic heterocycles. The molecule has 1 unspecified atom stereocenters. The molecule has 0 amide bonds. The lowest BCUT2D eigenvalue weighted by Gasteiger charge is -2.28. The molecule has 1 spiro atoms. The van der Waals surface area contributed by atoms with Crippen molar-refractivity contribution >= 4 is 23.7 Å². The van der Waals surface area contributed by atoms with Gasteiger partial charge >= 0.3 is 0 Å². The number of thiazole rings is 1. The molecule has 3 heterocycles. The first-order valence-corrected chi connectivity index (χ1v) is 8.94. The van der Waals surface area contributed by atoms with E-state index < -0.39 is 0 Å². The number of piperidine rings is 1. The average molecular weight is 354 g/mol. The van der Waals surface area contributed by atoms with E-state index >= 15 is 0 Å². The van der Waals surface area contributed by atoms with Crippen LogP contribution in [0.1, 0.15) is 29.8 Å². The lowest BCUT2D eigenvalue weighted by Crippen LogP contribution is -2.35. The summed E-state index contributed by atoms with van der Waals surface area (Å²) in [5, 5.41) is 11.1. The van der Waals surface area contributed by atoms with E-state index in [0.717, 1.165) is 13.1 Å². The van der Waals surface area contributed by atoms with Crippen LogP contribution in [0.2, 0.25) is 0 Å². The second kappa shape index (κ2) is 6.89. The minimum atomic E-state index is 0. The molecule has 0 aromatic carbocycles. The van der Waals surface area contributed by atoms with Gasteiger partial charge in [-0.3, -0.25) is 9.58 Å². The van der Waals surface area contributed by atoms with E-state index in [1.165, 1.54) is 42.9 Å². The first-order chi connectivity index (χ1) is 10.8. The summed E-state index contributed by atoms with van der Waals surface area (Å²) in [5.74, 6) is 0. The maximum Gasteiger partial charge on any atom is 0.107 e. The van der Waals surface area contributed by atoms with Crippen LogP contribution in [0.4, 0.5) is 0 Å². The summed E-state index contributed by atoms with van der Waals surface area (Å²) in [5.41, 5.74) is 1.86. The molecule has 2 fully saturated rings. The monoisotopic (exact) mass is 353 g/mol. The number of halogens is 1. The Hall–Kier alpha value is -0.950. The van der Waals surface area contributed by atoms with Crippen molar-refractivity contribution in [3.05, 3.63) is 34.5 Å². The molecule has 1 aliphatic carbocycles. The first kappa shape index (κ1) is 16.9. The number of aryl methyl sites for hydroxylation is 1. The predicted octanol–water partition coefficient (Wildman–Crippen LogP) is 2.44. The van der Waals surface area contributed by atoms with Crippen molar-refractivity contribution in [3.63, 3.8) is 0 Å². The van der Waals surface area contributed by atoms with Crippen LogP contribution >= 0.6 is 23.7 Å². The lowest BCUT2D eigenvalue weighted by atomic mass is 9.93. The zero-order valence-electron chi connectivity index (χ0n) is 13.4. The molecule has 126 valence electrons. The van der Waals surface area contributed by atoms with Crippen molar-refractivity contribution in [3.8, 4) is 0 Å². The zero-order chi connectivity index (χ0) is 15.0. The summed E-state index contributed by atoms with van der Waals surface area (Å²) >= 11 is 1.76. The van der Waals surface area contributed by atoms with E-state index in [4.69, 9.17) is 0 Å². The van der Waals surface area contributed by atoms with Crippen LogP contribution in [-0.4, -0.2) is 38.8 Å². The summed E-state index contributed by atoms with van der Waals surface area (Å²) in [7, 11) is 1.99. The van der Waals surface area contributed by atoms with Crippen LogP contribution < -0.4 is 5.32 Å². The van der Waals surface area contributed by atoms with Crippen molar-refractivity contribution in [1.82, 2.24) is 25.0 Å². The standard InChI is InChI=1S/C16H23N5S.ClH/c1-20-10-13(9-19-20)11-21(12-15-18-6-7-22-15)14-8-16(14)2-4-17-5-3-16;/h6-7,9-10,14,17H,2-5,8,11-12H2,1H3;1H. The quantitative estimate of drug-likeness (QED) is 0.896. The molecule has 2 aliphatic rings. The molecule has 4 rings (SSSR count). The summed E-state index contributed by atoms with van der Waals surface area (Å²) in [6.45, 7) is 4.29. The topological polar surface area (TPSA) is 46.0 Å². The van der Waals surface area contributed by atoms with Gasteiger partial charge in [-0.25, -0.2) is 4.98 Å². The van der Waals surface area contributed by atoms with Crippen molar-refractivity contribution < 1.29 is 0 Å². The highest BCUT2D eigenvalue weighted by Gasteiger charge is 2.56. The Kier molecular flexibility index (Phi) is 5.06. The lowest BCUT2D eigenvalue weighted by molar-refractivity contribution is 0.188.